The Morgan fingerprint density at radius 2 is 1.47 bits per heavy atom. The van der Waals surface area contributed by atoms with Crippen molar-refractivity contribution >= 4 is 5.91 Å². The van der Waals surface area contributed by atoms with E-state index < -0.39 is 0 Å². The first-order valence-electron chi connectivity index (χ1n) is 7.37. The summed E-state index contributed by atoms with van der Waals surface area (Å²) in [5.74, 6) is 0.105. The van der Waals surface area contributed by atoms with Gasteiger partial charge in [0.2, 0.25) is 5.91 Å². The Morgan fingerprint density at radius 1 is 1.00 bits per heavy atom. The monoisotopic (exact) mass is 267 g/mol. The van der Waals surface area contributed by atoms with Crippen LogP contribution in [0.15, 0.2) is 0 Å². The van der Waals surface area contributed by atoms with Crippen LogP contribution in [0.3, 0.4) is 0 Å². The maximum Gasteiger partial charge on any atom is 0.226 e. The summed E-state index contributed by atoms with van der Waals surface area (Å²) in [5, 5.41) is 0. The maximum absolute atomic E-state index is 12.6. The highest BCUT2D eigenvalue weighted by atomic mass is 16.7. The number of nitrogens with zero attached hydrogens (tertiary/aromatic N) is 1. The maximum atomic E-state index is 12.6. The van der Waals surface area contributed by atoms with Crippen molar-refractivity contribution < 1.29 is 14.3 Å². The molecule has 3 rings (SSSR count). The van der Waals surface area contributed by atoms with Gasteiger partial charge in [0.1, 0.15) is 0 Å². The van der Waals surface area contributed by atoms with E-state index in [1.807, 2.05) is 4.90 Å². The fourth-order valence-electron chi connectivity index (χ4n) is 3.85. The fourth-order valence-corrected chi connectivity index (χ4v) is 3.85. The Morgan fingerprint density at radius 3 is 1.89 bits per heavy atom. The highest BCUT2D eigenvalue weighted by Crippen LogP contribution is 2.68. The molecule has 1 saturated carbocycles. The normalized spacial score (nSPS) is 31.7. The summed E-state index contributed by atoms with van der Waals surface area (Å²) in [6.45, 7) is 11.7. The van der Waals surface area contributed by atoms with Crippen molar-refractivity contribution in [3.8, 4) is 0 Å². The van der Waals surface area contributed by atoms with Crippen LogP contribution in [0.4, 0.5) is 0 Å². The van der Waals surface area contributed by atoms with Crippen LogP contribution < -0.4 is 0 Å². The predicted molar refractivity (Wildman–Crippen MR) is 71.5 cm³/mol. The van der Waals surface area contributed by atoms with Gasteiger partial charge in [0, 0.05) is 31.8 Å². The van der Waals surface area contributed by atoms with E-state index in [1.165, 1.54) is 0 Å². The molecular formula is C15H25NO3. The lowest BCUT2D eigenvalue weighted by atomic mass is 10.0. The van der Waals surface area contributed by atoms with Crippen molar-refractivity contribution in [1.82, 2.24) is 4.90 Å². The molecule has 108 valence electrons. The molecule has 0 bridgehead atoms. The molecule has 0 unspecified atom stereocenters. The Labute approximate surface area is 115 Å². The molecule has 2 aliphatic heterocycles. The summed E-state index contributed by atoms with van der Waals surface area (Å²) in [6.07, 6.45) is 1.62. The SMILES string of the molecule is CC1(C)C(C(=O)N2CCC3(CC2)OCCO3)C1(C)C. The summed E-state index contributed by atoms with van der Waals surface area (Å²) in [4.78, 5) is 14.7. The van der Waals surface area contributed by atoms with Crippen LogP contribution in [0.1, 0.15) is 40.5 Å². The van der Waals surface area contributed by atoms with Gasteiger partial charge in [-0.15, -0.1) is 0 Å². The van der Waals surface area contributed by atoms with Gasteiger partial charge in [-0.25, -0.2) is 0 Å². The van der Waals surface area contributed by atoms with Crippen molar-refractivity contribution in [2.75, 3.05) is 26.3 Å². The first kappa shape index (κ1) is 13.4. The minimum absolute atomic E-state index is 0.125. The van der Waals surface area contributed by atoms with Gasteiger partial charge >= 0.3 is 0 Å². The van der Waals surface area contributed by atoms with Gasteiger partial charge in [-0.3, -0.25) is 4.79 Å². The van der Waals surface area contributed by atoms with Crippen LogP contribution >= 0.6 is 0 Å². The summed E-state index contributed by atoms with van der Waals surface area (Å²) < 4.78 is 11.4. The number of carbonyl (C=O) groups excluding carboxylic acids is 1. The third-order valence-corrected chi connectivity index (χ3v) is 5.92. The molecule has 0 aromatic carbocycles. The second-order valence-electron chi connectivity index (χ2n) is 7.31. The molecule has 4 nitrogen and oxygen atoms in total. The van der Waals surface area contributed by atoms with Crippen molar-refractivity contribution in [1.29, 1.82) is 0 Å². The molecule has 2 saturated heterocycles. The van der Waals surface area contributed by atoms with Crippen LogP contribution in [0.5, 0.6) is 0 Å². The average molecular weight is 267 g/mol. The third-order valence-electron chi connectivity index (χ3n) is 5.92. The lowest BCUT2D eigenvalue weighted by Gasteiger charge is -2.38. The zero-order valence-electron chi connectivity index (χ0n) is 12.5. The van der Waals surface area contributed by atoms with Gasteiger partial charge < -0.3 is 14.4 Å². The Hall–Kier alpha value is -0.610. The molecule has 1 amide bonds. The lowest BCUT2D eigenvalue weighted by molar-refractivity contribution is -0.188. The average Bonchev–Trinajstić information content (AvgIpc) is 2.69. The van der Waals surface area contributed by atoms with E-state index in [4.69, 9.17) is 9.47 Å². The van der Waals surface area contributed by atoms with Gasteiger partial charge in [-0.1, -0.05) is 27.7 Å². The molecule has 4 heteroatoms. The second kappa shape index (κ2) is 3.95. The molecule has 1 spiro atoms. The van der Waals surface area contributed by atoms with E-state index in [-0.39, 0.29) is 22.5 Å². The quantitative estimate of drug-likeness (QED) is 0.729. The van der Waals surface area contributed by atoms with Crippen molar-refractivity contribution in [2.24, 2.45) is 16.7 Å². The molecule has 3 fully saturated rings. The molecule has 19 heavy (non-hydrogen) atoms. The van der Waals surface area contributed by atoms with E-state index in [9.17, 15) is 4.79 Å². The topological polar surface area (TPSA) is 38.8 Å². The smallest absolute Gasteiger partial charge is 0.226 e. The zero-order valence-corrected chi connectivity index (χ0v) is 12.5. The van der Waals surface area contributed by atoms with E-state index in [0.29, 0.717) is 19.1 Å². The van der Waals surface area contributed by atoms with Gasteiger partial charge in [0.05, 0.1) is 13.2 Å². The molecule has 2 heterocycles. The standard InChI is InChI=1S/C15H25NO3/c1-13(2)11(14(13,3)4)12(17)16-7-5-15(6-8-16)18-9-10-19-15/h11H,5-10H2,1-4H3. The van der Waals surface area contributed by atoms with Gasteiger partial charge in [0.15, 0.2) is 5.79 Å². The van der Waals surface area contributed by atoms with Crippen LogP contribution in [0.2, 0.25) is 0 Å². The number of carbonyl (C=O) groups is 1. The zero-order chi connectivity index (χ0) is 13.9. The van der Waals surface area contributed by atoms with Crippen molar-refractivity contribution in [3.05, 3.63) is 0 Å². The first-order valence-corrected chi connectivity index (χ1v) is 7.37. The van der Waals surface area contributed by atoms with E-state index in [0.717, 1.165) is 25.9 Å². The molecule has 1 aliphatic carbocycles. The van der Waals surface area contributed by atoms with Gasteiger partial charge in [-0.2, -0.15) is 0 Å². The van der Waals surface area contributed by atoms with Crippen LogP contribution in [0, 0.1) is 16.7 Å². The number of rotatable bonds is 1. The first-order chi connectivity index (χ1) is 8.80. The molecular weight excluding hydrogens is 242 g/mol. The highest BCUT2D eigenvalue weighted by Gasteiger charge is 2.69. The summed E-state index contributed by atoms with van der Waals surface area (Å²) in [6, 6.07) is 0. The van der Waals surface area contributed by atoms with E-state index >= 15 is 0 Å². The highest BCUT2D eigenvalue weighted by molar-refractivity contribution is 5.84. The molecule has 0 aromatic heterocycles. The van der Waals surface area contributed by atoms with Crippen molar-refractivity contribution in [2.45, 2.75) is 46.3 Å². The summed E-state index contributed by atoms with van der Waals surface area (Å²) >= 11 is 0. The molecule has 3 aliphatic rings. The molecule has 0 atom stereocenters. The lowest BCUT2D eigenvalue weighted by Crippen LogP contribution is -2.48. The Kier molecular flexibility index (Phi) is 2.78. The third kappa shape index (κ3) is 1.83. The number of piperidine rings is 1. The number of amides is 1. The summed E-state index contributed by atoms with van der Waals surface area (Å²) in [5.41, 5.74) is 0.249. The van der Waals surface area contributed by atoms with Crippen LogP contribution in [-0.4, -0.2) is 42.9 Å². The second-order valence-corrected chi connectivity index (χ2v) is 7.31. The predicted octanol–water partition coefficient (Wildman–Crippen LogP) is 2.03. The number of likely N-dealkylation sites (tertiary alicyclic amines) is 1. The number of ether oxygens (including phenoxy) is 2. The van der Waals surface area contributed by atoms with E-state index in [2.05, 4.69) is 27.7 Å². The minimum atomic E-state index is -0.384. The van der Waals surface area contributed by atoms with Crippen LogP contribution in [0.25, 0.3) is 0 Å². The summed E-state index contributed by atoms with van der Waals surface area (Å²) in [7, 11) is 0. The fraction of sp³-hybridized carbons (Fsp3) is 0.933. The Bertz CT molecular complexity index is 372. The van der Waals surface area contributed by atoms with Gasteiger partial charge in [-0.05, 0) is 10.8 Å². The minimum Gasteiger partial charge on any atom is -0.347 e. The van der Waals surface area contributed by atoms with E-state index in [1.54, 1.807) is 0 Å². The largest absolute Gasteiger partial charge is 0.347 e. The van der Waals surface area contributed by atoms with Gasteiger partial charge in [0.25, 0.3) is 0 Å². The van der Waals surface area contributed by atoms with Crippen LogP contribution in [-0.2, 0) is 14.3 Å². The van der Waals surface area contributed by atoms with Crippen molar-refractivity contribution in [3.63, 3.8) is 0 Å². The number of hydrogen-bond acceptors (Lipinski definition) is 3. The molecule has 0 N–H and O–H groups in total. The number of hydrogen-bond donors (Lipinski definition) is 0. The molecule has 0 aromatic rings. The Balaban J connectivity index is 1.62. The molecule has 0 radical (unpaired) electrons.